The number of benzene rings is 1. The monoisotopic (exact) mass is 404 g/mol. The summed E-state index contributed by atoms with van der Waals surface area (Å²) in [4.78, 5) is 13.8. The summed E-state index contributed by atoms with van der Waals surface area (Å²) in [6, 6.07) is 13.8. The van der Waals surface area contributed by atoms with Crippen LogP contribution in [0.4, 0.5) is 5.82 Å². The summed E-state index contributed by atoms with van der Waals surface area (Å²) in [6.45, 7) is 6.68. The highest BCUT2D eigenvalue weighted by Gasteiger charge is 2.07. The molecule has 0 spiro atoms. The van der Waals surface area contributed by atoms with Crippen LogP contribution in [-0.4, -0.2) is 25.9 Å². The van der Waals surface area contributed by atoms with E-state index in [1.807, 2.05) is 63.2 Å². The summed E-state index contributed by atoms with van der Waals surface area (Å²) in [5.74, 6) is 1.33. The Labute approximate surface area is 171 Å². The third kappa shape index (κ3) is 7.51. The van der Waals surface area contributed by atoms with E-state index in [-0.39, 0.29) is 11.0 Å². The Kier molecular flexibility index (Phi) is 12.2. The molecule has 0 aliphatic carbocycles. The molecule has 152 valence electrons. The van der Waals surface area contributed by atoms with Crippen molar-refractivity contribution in [3.63, 3.8) is 0 Å². The first-order valence-corrected chi connectivity index (χ1v) is 9.16. The third-order valence-electron chi connectivity index (χ3n) is 3.42. The lowest BCUT2D eigenvalue weighted by Gasteiger charge is -2.11. The van der Waals surface area contributed by atoms with Gasteiger partial charge in [0.1, 0.15) is 11.6 Å². The number of ether oxygens (including phenoxy) is 1. The van der Waals surface area contributed by atoms with Crippen molar-refractivity contribution in [3.05, 3.63) is 66.1 Å². The Morgan fingerprint density at radius 3 is 2.43 bits per heavy atom. The quantitative estimate of drug-likeness (QED) is 0.609. The minimum absolute atomic E-state index is 0. The second-order valence-electron chi connectivity index (χ2n) is 5.15. The smallest absolute Gasteiger partial charge is 0.324 e. The van der Waals surface area contributed by atoms with Crippen LogP contribution in [0.3, 0.4) is 0 Å². The van der Waals surface area contributed by atoms with E-state index in [4.69, 9.17) is 4.74 Å². The fourth-order valence-corrected chi connectivity index (χ4v) is 2.39. The molecule has 0 atom stereocenters. The number of thiol groups is 1. The number of rotatable bonds is 6. The van der Waals surface area contributed by atoms with Crippen LogP contribution < -0.4 is 10.1 Å². The van der Waals surface area contributed by atoms with Crippen LogP contribution >= 0.6 is 12.6 Å². The molecule has 8 heteroatoms. The molecule has 5 N–H and O–H groups in total. The van der Waals surface area contributed by atoms with Crippen LogP contribution in [-0.2, 0) is 13.0 Å². The van der Waals surface area contributed by atoms with Crippen molar-refractivity contribution in [3.8, 4) is 11.8 Å². The third-order valence-corrected chi connectivity index (χ3v) is 3.85. The molecule has 7 nitrogen and oxygen atoms in total. The number of pyridine rings is 1. The first-order chi connectivity index (χ1) is 12.7. The average Bonchev–Trinajstić information content (AvgIpc) is 2.69. The minimum atomic E-state index is 0. The molecule has 3 rings (SSSR count). The zero-order valence-corrected chi connectivity index (χ0v) is 17.2. The normalized spacial score (nSPS) is 9.14. The van der Waals surface area contributed by atoms with Crippen molar-refractivity contribution in [1.82, 2.24) is 15.0 Å². The molecule has 28 heavy (non-hydrogen) atoms. The molecule has 0 saturated heterocycles. The maximum atomic E-state index is 5.70. The highest BCUT2D eigenvalue weighted by Crippen LogP contribution is 2.20. The molecule has 0 aliphatic heterocycles. The minimum Gasteiger partial charge on any atom is -0.423 e. The molecule has 3 aromatic rings. The maximum Gasteiger partial charge on any atom is 0.324 e. The number of aryl methyl sites for hydroxylation is 1. The van der Waals surface area contributed by atoms with Gasteiger partial charge in [-0.15, -0.1) is 12.6 Å². The Balaban J connectivity index is 0.00000177. The van der Waals surface area contributed by atoms with Gasteiger partial charge in [-0.2, -0.15) is 9.97 Å². The summed E-state index contributed by atoms with van der Waals surface area (Å²) >= 11 is 4.47. The Hall–Kier alpha value is -2.68. The van der Waals surface area contributed by atoms with Gasteiger partial charge < -0.3 is 21.0 Å². The molecule has 1 aromatic carbocycles. The van der Waals surface area contributed by atoms with Crippen molar-refractivity contribution in [2.75, 3.05) is 5.32 Å². The molecule has 0 unspecified atom stereocenters. The van der Waals surface area contributed by atoms with E-state index < -0.39 is 0 Å². The molecule has 0 fully saturated rings. The lowest BCUT2D eigenvalue weighted by Crippen LogP contribution is -2.05. The van der Waals surface area contributed by atoms with Crippen molar-refractivity contribution < 1.29 is 15.7 Å². The SMILES string of the molecule is CC.CCc1cc(NCc2ccccc2S)nc(Oc2cccnc2)n1.O.O. The van der Waals surface area contributed by atoms with E-state index >= 15 is 0 Å². The standard InChI is InChI=1S/C18H18N4OS.C2H6.2H2O/c1-2-14-10-17(20-11-13-6-3-4-8-16(13)24)22-18(21-14)23-15-7-5-9-19-12-15;1-2;;/h3-10,12,24H,2,11H2,1H3,(H,20,21,22);1-2H3;2*1H2. The van der Waals surface area contributed by atoms with Crippen LogP contribution in [0.2, 0.25) is 0 Å². The number of nitrogens with zero attached hydrogens (tertiary/aromatic N) is 3. The van der Waals surface area contributed by atoms with Gasteiger partial charge in [-0.05, 0) is 30.2 Å². The predicted octanol–water partition coefficient (Wildman–Crippen LogP) is 3.50. The van der Waals surface area contributed by atoms with Crippen molar-refractivity contribution in [2.24, 2.45) is 0 Å². The summed E-state index contributed by atoms with van der Waals surface area (Å²) in [6.07, 6.45) is 4.12. The number of hydrogen-bond donors (Lipinski definition) is 2. The number of aromatic nitrogens is 3. The van der Waals surface area contributed by atoms with Crippen molar-refractivity contribution in [1.29, 1.82) is 0 Å². The second kappa shape index (κ2) is 13.5. The van der Waals surface area contributed by atoms with Gasteiger partial charge in [0.05, 0.1) is 6.20 Å². The van der Waals surface area contributed by atoms with E-state index in [1.165, 1.54) is 0 Å². The van der Waals surface area contributed by atoms with Crippen LogP contribution in [0.5, 0.6) is 11.8 Å². The summed E-state index contributed by atoms with van der Waals surface area (Å²) in [7, 11) is 0. The Morgan fingerprint density at radius 1 is 1.04 bits per heavy atom. The van der Waals surface area contributed by atoms with Gasteiger partial charge in [-0.25, -0.2) is 0 Å². The summed E-state index contributed by atoms with van der Waals surface area (Å²) < 4.78 is 5.70. The van der Waals surface area contributed by atoms with Crippen molar-refractivity contribution >= 4 is 18.4 Å². The second-order valence-corrected chi connectivity index (χ2v) is 5.64. The van der Waals surface area contributed by atoms with Gasteiger partial charge >= 0.3 is 6.01 Å². The summed E-state index contributed by atoms with van der Waals surface area (Å²) in [5, 5.41) is 3.31. The largest absolute Gasteiger partial charge is 0.423 e. The Morgan fingerprint density at radius 2 is 1.79 bits per heavy atom. The van der Waals surface area contributed by atoms with Crippen LogP contribution in [0, 0.1) is 0 Å². The maximum absolute atomic E-state index is 5.70. The fraction of sp³-hybridized carbons (Fsp3) is 0.250. The van der Waals surface area contributed by atoms with Crippen LogP contribution in [0.1, 0.15) is 32.0 Å². The molecular weight excluding hydrogens is 376 g/mol. The highest BCUT2D eigenvalue weighted by atomic mass is 32.1. The highest BCUT2D eigenvalue weighted by molar-refractivity contribution is 7.80. The first kappa shape index (κ1) is 25.3. The summed E-state index contributed by atoms with van der Waals surface area (Å²) in [5.41, 5.74) is 2.01. The molecule has 0 aliphatic rings. The molecule has 0 amide bonds. The van der Waals surface area contributed by atoms with E-state index in [0.29, 0.717) is 18.3 Å². The zero-order chi connectivity index (χ0) is 18.8. The molecule has 0 bridgehead atoms. The lowest BCUT2D eigenvalue weighted by atomic mass is 10.2. The van der Waals surface area contributed by atoms with Crippen LogP contribution in [0.25, 0.3) is 0 Å². The van der Waals surface area contributed by atoms with E-state index in [2.05, 4.69) is 32.9 Å². The topological polar surface area (TPSA) is 123 Å². The molecule has 0 radical (unpaired) electrons. The number of anilines is 1. The van der Waals surface area contributed by atoms with Gasteiger partial charge in [0, 0.05) is 29.4 Å². The average molecular weight is 405 g/mol. The zero-order valence-electron chi connectivity index (χ0n) is 16.3. The molecule has 0 saturated carbocycles. The molecule has 2 aromatic heterocycles. The van der Waals surface area contributed by atoms with E-state index in [0.717, 1.165) is 28.4 Å². The van der Waals surface area contributed by atoms with Gasteiger partial charge in [-0.1, -0.05) is 39.0 Å². The first-order valence-electron chi connectivity index (χ1n) is 8.71. The van der Waals surface area contributed by atoms with Crippen molar-refractivity contribution in [2.45, 2.75) is 38.6 Å². The number of hydrogen-bond acceptors (Lipinski definition) is 6. The van der Waals surface area contributed by atoms with Crippen LogP contribution in [0.15, 0.2) is 59.8 Å². The molecule has 2 heterocycles. The predicted molar refractivity (Wildman–Crippen MR) is 115 cm³/mol. The van der Waals surface area contributed by atoms with Gasteiger partial charge in [0.25, 0.3) is 0 Å². The fourth-order valence-electron chi connectivity index (χ4n) is 2.15. The number of nitrogens with one attached hydrogen (secondary N) is 1. The Bertz CT molecular complexity index is 820. The van der Waals surface area contributed by atoms with Gasteiger partial charge in [0.15, 0.2) is 0 Å². The van der Waals surface area contributed by atoms with E-state index in [1.54, 1.807) is 12.4 Å². The molecular formula is C20H28N4O3S. The van der Waals surface area contributed by atoms with E-state index in [9.17, 15) is 0 Å². The van der Waals surface area contributed by atoms with Gasteiger partial charge in [0.2, 0.25) is 0 Å². The lowest BCUT2D eigenvalue weighted by molar-refractivity contribution is 0.438. The van der Waals surface area contributed by atoms with Gasteiger partial charge in [-0.3, -0.25) is 4.98 Å².